The summed E-state index contributed by atoms with van der Waals surface area (Å²) in [4.78, 5) is 28.8. The first-order valence-electron chi connectivity index (χ1n) is 7.77. The Morgan fingerprint density at radius 3 is 2.68 bits per heavy atom. The summed E-state index contributed by atoms with van der Waals surface area (Å²) in [5.74, 6) is 0.0543. The molecule has 22 heavy (non-hydrogen) atoms. The Balaban J connectivity index is 1.86. The van der Waals surface area contributed by atoms with E-state index in [1.165, 1.54) is 0 Å². The van der Waals surface area contributed by atoms with Crippen LogP contribution in [0.1, 0.15) is 26.7 Å². The summed E-state index contributed by atoms with van der Waals surface area (Å²) >= 11 is 0. The van der Waals surface area contributed by atoms with Gasteiger partial charge in [0.05, 0.1) is 18.8 Å². The SMILES string of the molecule is CC1(C)COCCN1C(=O)C1CCC(=O)N1c1ccccc1. The molecule has 118 valence electrons. The summed E-state index contributed by atoms with van der Waals surface area (Å²) in [7, 11) is 0. The van der Waals surface area contributed by atoms with E-state index in [1.54, 1.807) is 4.90 Å². The lowest BCUT2D eigenvalue weighted by Gasteiger charge is -2.44. The predicted molar refractivity (Wildman–Crippen MR) is 83.6 cm³/mol. The standard InChI is InChI=1S/C17H22N2O3/c1-17(2)12-22-11-10-18(17)16(21)14-8-9-15(20)19(14)13-6-4-3-5-7-13/h3-7,14H,8-12H2,1-2H3. The molecule has 0 aliphatic carbocycles. The maximum absolute atomic E-state index is 13.0. The first-order chi connectivity index (χ1) is 10.5. The molecule has 0 aromatic heterocycles. The second-order valence-corrected chi connectivity index (χ2v) is 6.51. The zero-order valence-corrected chi connectivity index (χ0v) is 13.1. The van der Waals surface area contributed by atoms with E-state index in [1.807, 2.05) is 49.1 Å². The number of morpholine rings is 1. The Labute approximate surface area is 130 Å². The molecule has 3 rings (SSSR count). The van der Waals surface area contributed by atoms with Gasteiger partial charge < -0.3 is 9.64 Å². The van der Waals surface area contributed by atoms with E-state index in [0.717, 1.165) is 5.69 Å². The number of benzene rings is 1. The van der Waals surface area contributed by atoms with Crippen LogP contribution >= 0.6 is 0 Å². The van der Waals surface area contributed by atoms with Crippen LogP contribution in [0, 0.1) is 0 Å². The molecule has 2 saturated heterocycles. The van der Waals surface area contributed by atoms with Crippen LogP contribution in [0.5, 0.6) is 0 Å². The number of amides is 2. The third-order valence-corrected chi connectivity index (χ3v) is 4.44. The van der Waals surface area contributed by atoms with Crippen molar-refractivity contribution >= 4 is 17.5 Å². The highest BCUT2D eigenvalue weighted by Gasteiger charge is 2.43. The summed E-state index contributed by atoms with van der Waals surface area (Å²) in [6.45, 7) is 5.69. The van der Waals surface area contributed by atoms with Gasteiger partial charge in [0.15, 0.2) is 0 Å². The maximum Gasteiger partial charge on any atom is 0.246 e. The molecule has 1 aromatic carbocycles. The smallest absolute Gasteiger partial charge is 0.246 e. The van der Waals surface area contributed by atoms with Gasteiger partial charge in [-0.25, -0.2) is 0 Å². The molecule has 0 N–H and O–H groups in total. The summed E-state index contributed by atoms with van der Waals surface area (Å²) in [6, 6.07) is 9.06. The molecular formula is C17H22N2O3. The Morgan fingerprint density at radius 2 is 2.00 bits per heavy atom. The Morgan fingerprint density at radius 1 is 1.27 bits per heavy atom. The van der Waals surface area contributed by atoms with Gasteiger partial charge in [-0.3, -0.25) is 14.5 Å². The average Bonchev–Trinajstić information content (AvgIpc) is 2.89. The summed E-state index contributed by atoms with van der Waals surface area (Å²) in [6.07, 6.45) is 1.01. The molecule has 1 atom stereocenters. The van der Waals surface area contributed by atoms with Gasteiger partial charge in [-0.1, -0.05) is 18.2 Å². The summed E-state index contributed by atoms with van der Waals surface area (Å²) < 4.78 is 5.49. The van der Waals surface area contributed by atoms with E-state index in [4.69, 9.17) is 4.74 Å². The molecule has 0 bridgehead atoms. The van der Waals surface area contributed by atoms with Crippen LogP contribution in [0.25, 0.3) is 0 Å². The van der Waals surface area contributed by atoms with Gasteiger partial charge in [0.25, 0.3) is 0 Å². The summed E-state index contributed by atoms with van der Waals surface area (Å²) in [5.41, 5.74) is 0.470. The van der Waals surface area contributed by atoms with Crippen molar-refractivity contribution in [1.29, 1.82) is 0 Å². The van der Waals surface area contributed by atoms with E-state index in [0.29, 0.717) is 32.6 Å². The molecule has 0 spiro atoms. The van der Waals surface area contributed by atoms with Gasteiger partial charge in [-0.2, -0.15) is 0 Å². The molecule has 0 radical (unpaired) electrons. The zero-order valence-electron chi connectivity index (χ0n) is 13.1. The number of ether oxygens (including phenoxy) is 1. The van der Waals surface area contributed by atoms with Gasteiger partial charge in [0.2, 0.25) is 11.8 Å². The minimum absolute atomic E-state index is 0.0237. The normalized spacial score (nSPS) is 24.6. The minimum atomic E-state index is -0.396. The van der Waals surface area contributed by atoms with Crippen LogP contribution in [0.4, 0.5) is 5.69 Å². The molecule has 1 unspecified atom stereocenters. The van der Waals surface area contributed by atoms with Gasteiger partial charge in [-0.15, -0.1) is 0 Å². The number of carbonyl (C=O) groups is 2. The van der Waals surface area contributed by atoms with Crippen molar-refractivity contribution in [2.75, 3.05) is 24.7 Å². The third-order valence-electron chi connectivity index (χ3n) is 4.44. The third kappa shape index (κ3) is 2.61. The van der Waals surface area contributed by atoms with Crippen LogP contribution in [0.15, 0.2) is 30.3 Å². The molecule has 2 fully saturated rings. The molecule has 5 nitrogen and oxygen atoms in total. The topological polar surface area (TPSA) is 49.9 Å². The summed E-state index contributed by atoms with van der Waals surface area (Å²) in [5, 5.41) is 0. The molecule has 2 aliphatic rings. The molecule has 2 heterocycles. The van der Waals surface area contributed by atoms with E-state index in [2.05, 4.69) is 0 Å². The van der Waals surface area contributed by atoms with Crippen molar-refractivity contribution in [1.82, 2.24) is 4.90 Å². The Bertz CT molecular complexity index is 571. The minimum Gasteiger partial charge on any atom is -0.377 e. The van der Waals surface area contributed by atoms with Crippen LogP contribution in [-0.2, 0) is 14.3 Å². The highest BCUT2D eigenvalue weighted by Crippen LogP contribution is 2.30. The van der Waals surface area contributed by atoms with Gasteiger partial charge in [-0.05, 0) is 32.4 Å². The maximum atomic E-state index is 13.0. The fourth-order valence-electron chi connectivity index (χ4n) is 3.28. The first-order valence-corrected chi connectivity index (χ1v) is 7.77. The van der Waals surface area contributed by atoms with Crippen LogP contribution in [-0.4, -0.2) is 48.1 Å². The van der Waals surface area contributed by atoms with Crippen LogP contribution in [0.3, 0.4) is 0 Å². The lowest BCUT2D eigenvalue weighted by molar-refractivity contribution is -0.147. The number of anilines is 1. The molecule has 2 amide bonds. The lowest BCUT2D eigenvalue weighted by atomic mass is 10.0. The lowest BCUT2D eigenvalue weighted by Crippen LogP contribution is -2.60. The number of carbonyl (C=O) groups excluding carboxylic acids is 2. The van der Waals surface area contributed by atoms with E-state index in [-0.39, 0.29) is 17.4 Å². The molecule has 5 heteroatoms. The number of hydrogen-bond donors (Lipinski definition) is 0. The first kappa shape index (κ1) is 15.0. The molecular weight excluding hydrogens is 280 g/mol. The highest BCUT2D eigenvalue weighted by molar-refractivity contribution is 6.03. The molecule has 0 saturated carbocycles. The van der Waals surface area contributed by atoms with E-state index < -0.39 is 6.04 Å². The van der Waals surface area contributed by atoms with Gasteiger partial charge >= 0.3 is 0 Å². The Hall–Kier alpha value is -1.88. The highest BCUT2D eigenvalue weighted by atomic mass is 16.5. The average molecular weight is 302 g/mol. The fraction of sp³-hybridized carbons (Fsp3) is 0.529. The second-order valence-electron chi connectivity index (χ2n) is 6.51. The number of nitrogens with zero attached hydrogens (tertiary/aromatic N) is 2. The zero-order chi connectivity index (χ0) is 15.7. The van der Waals surface area contributed by atoms with Crippen LogP contribution in [0.2, 0.25) is 0 Å². The van der Waals surface area contributed by atoms with E-state index in [9.17, 15) is 9.59 Å². The van der Waals surface area contributed by atoms with Crippen molar-refractivity contribution in [3.05, 3.63) is 30.3 Å². The molecule has 1 aromatic rings. The van der Waals surface area contributed by atoms with Crippen molar-refractivity contribution in [2.24, 2.45) is 0 Å². The van der Waals surface area contributed by atoms with Crippen molar-refractivity contribution in [2.45, 2.75) is 38.3 Å². The van der Waals surface area contributed by atoms with Crippen molar-refractivity contribution in [3.8, 4) is 0 Å². The van der Waals surface area contributed by atoms with Crippen LogP contribution < -0.4 is 4.90 Å². The largest absolute Gasteiger partial charge is 0.377 e. The number of hydrogen-bond acceptors (Lipinski definition) is 3. The monoisotopic (exact) mass is 302 g/mol. The number of rotatable bonds is 2. The predicted octanol–water partition coefficient (Wildman–Crippen LogP) is 1.82. The van der Waals surface area contributed by atoms with Gasteiger partial charge in [0.1, 0.15) is 6.04 Å². The second kappa shape index (κ2) is 5.72. The fourth-order valence-corrected chi connectivity index (χ4v) is 3.28. The quantitative estimate of drug-likeness (QED) is 0.837. The van der Waals surface area contributed by atoms with E-state index >= 15 is 0 Å². The van der Waals surface area contributed by atoms with Crippen molar-refractivity contribution in [3.63, 3.8) is 0 Å². The Kier molecular flexibility index (Phi) is 3.91. The number of para-hydroxylation sites is 1. The molecule has 2 aliphatic heterocycles. The van der Waals surface area contributed by atoms with Gasteiger partial charge in [0, 0.05) is 18.7 Å². The van der Waals surface area contributed by atoms with Crippen molar-refractivity contribution < 1.29 is 14.3 Å².